The molecule has 2 aromatic heterocycles. The fourth-order valence-corrected chi connectivity index (χ4v) is 3.98. The Morgan fingerprint density at radius 3 is 2.30 bits per heavy atom. The van der Waals surface area contributed by atoms with Gasteiger partial charge in [-0.1, -0.05) is 15.9 Å². The molecule has 138 valence electrons. The zero-order valence-electron chi connectivity index (χ0n) is 15.5. The molecule has 2 heterocycles. The molecule has 0 saturated carbocycles. The number of hydrogen-bond acceptors (Lipinski definition) is 5. The van der Waals surface area contributed by atoms with E-state index in [1.54, 1.807) is 26.7 Å². The second-order valence-corrected chi connectivity index (χ2v) is 7.26. The van der Waals surface area contributed by atoms with E-state index >= 15 is 0 Å². The number of imidazole rings is 1. The highest BCUT2D eigenvalue weighted by Gasteiger charge is 2.15. The summed E-state index contributed by atoms with van der Waals surface area (Å²) in [5.41, 5.74) is 5.87. The number of benzene rings is 2. The van der Waals surface area contributed by atoms with E-state index in [0.717, 1.165) is 43.7 Å². The van der Waals surface area contributed by atoms with E-state index in [-0.39, 0.29) is 0 Å². The van der Waals surface area contributed by atoms with Crippen LogP contribution in [-0.4, -0.2) is 28.6 Å². The maximum atomic E-state index is 5.43. The van der Waals surface area contributed by atoms with Gasteiger partial charge in [0.25, 0.3) is 0 Å². The van der Waals surface area contributed by atoms with Crippen LogP contribution in [0.3, 0.4) is 0 Å². The third-order valence-corrected chi connectivity index (χ3v) is 5.05. The van der Waals surface area contributed by atoms with E-state index in [9.17, 15) is 0 Å². The minimum absolute atomic E-state index is 0.638. The number of hydrogen-bond donors (Lipinski definition) is 1. The lowest BCUT2D eigenvalue weighted by atomic mass is 10.1. The van der Waals surface area contributed by atoms with Crippen LogP contribution in [0.25, 0.3) is 16.6 Å². The van der Waals surface area contributed by atoms with Gasteiger partial charge in [0.15, 0.2) is 17.3 Å². The second kappa shape index (κ2) is 6.74. The topological polar surface area (TPSA) is 60.7 Å². The highest BCUT2D eigenvalue weighted by Crippen LogP contribution is 2.35. The number of halogens is 1. The largest absolute Gasteiger partial charge is 0.493 e. The quantitative estimate of drug-likeness (QED) is 0.496. The van der Waals surface area contributed by atoms with Crippen LogP contribution < -0.4 is 14.8 Å². The summed E-state index contributed by atoms with van der Waals surface area (Å²) in [6.45, 7) is 4.14. The summed E-state index contributed by atoms with van der Waals surface area (Å²) < 4.78 is 13.9. The van der Waals surface area contributed by atoms with E-state index < -0.39 is 0 Å². The summed E-state index contributed by atoms with van der Waals surface area (Å²) in [5.74, 6) is 2.03. The highest BCUT2D eigenvalue weighted by molar-refractivity contribution is 9.10. The number of aryl methyl sites for hydroxylation is 2. The third-order valence-electron chi connectivity index (χ3n) is 4.59. The first-order valence-corrected chi connectivity index (χ1v) is 9.22. The summed E-state index contributed by atoms with van der Waals surface area (Å²) in [6, 6.07) is 7.95. The number of fused-ring (bicyclic) bond motifs is 3. The third kappa shape index (κ3) is 2.98. The van der Waals surface area contributed by atoms with Crippen LogP contribution in [0.4, 0.5) is 11.5 Å². The van der Waals surface area contributed by atoms with Crippen molar-refractivity contribution >= 4 is 44.0 Å². The van der Waals surface area contributed by atoms with E-state index in [2.05, 4.69) is 52.2 Å². The maximum Gasteiger partial charge on any atom is 0.163 e. The number of nitrogens with zero attached hydrogens (tertiary/aromatic N) is 3. The summed E-state index contributed by atoms with van der Waals surface area (Å²) in [7, 11) is 3.24. The standard InChI is InChI=1S/C20H19BrN4O2/c1-11-5-13(21)6-12(2)19(11)24-20-16-9-22-10-25(16)15-8-18(27-4)17(26-3)7-14(15)23-20/h5-10H,1-4H3,(H,23,24). The lowest BCUT2D eigenvalue weighted by Crippen LogP contribution is -2.02. The van der Waals surface area contributed by atoms with Crippen LogP contribution in [0.2, 0.25) is 0 Å². The van der Waals surface area contributed by atoms with E-state index in [4.69, 9.17) is 14.5 Å². The van der Waals surface area contributed by atoms with E-state index in [1.807, 2.05) is 16.5 Å². The Balaban J connectivity index is 1.94. The number of nitrogens with one attached hydrogen (secondary N) is 1. The van der Waals surface area contributed by atoms with Gasteiger partial charge in [-0.3, -0.25) is 4.40 Å². The van der Waals surface area contributed by atoms with Gasteiger partial charge < -0.3 is 14.8 Å². The Labute approximate surface area is 165 Å². The zero-order valence-corrected chi connectivity index (χ0v) is 17.1. The number of rotatable bonds is 4. The van der Waals surface area contributed by atoms with Gasteiger partial charge in [-0.05, 0) is 37.1 Å². The number of aromatic nitrogens is 3. The molecule has 0 bridgehead atoms. The highest BCUT2D eigenvalue weighted by atomic mass is 79.9. The SMILES string of the molecule is COc1cc2nc(Nc3c(C)cc(Br)cc3C)c3cncn3c2cc1OC. The average Bonchev–Trinajstić information content (AvgIpc) is 3.13. The Bertz CT molecular complexity index is 1150. The predicted molar refractivity (Wildman–Crippen MR) is 110 cm³/mol. The van der Waals surface area contributed by atoms with Crippen molar-refractivity contribution in [3.8, 4) is 11.5 Å². The fraction of sp³-hybridized carbons (Fsp3) is 0.200. The summed E-state index contributed by atoms with van der Waals surface area (Å²) in [5, 5.41) is 3.49. The molecule has 1 N–H and O–H groups in total. The summed E-state index contributed by atoms with van der Waals surface area (Å²) in [6.07, 6.45) is 3.58. The van der Waals surface area contributed by atoms with Gasteiger partial charge in [0, 0.05) is 22.3 Å². The monoisotopic (exact) mass is 426 g/mol. The average molecular weight is 427 g/mol. The van der Waals surface area contributed by atoms with Crippen LogP contribution in [0.1, 0.15) is 11.1 Å². The number of ether oxygens (including phenoxy) is 2. The lowest BCUT2D eigenvalue weighted by Gasteiger charge is -2.16. The van der Waals surface area contributed by atoms with Crippen LogP contribution in [0, 0.1) is 13.8 Å². The van der Waals surface area contributed by atoms with Gasteiger partial charge in [-0.2, -0.15) is 0 Å². The molecule has 0 radical (unpaired) electrons. The Morgan fingerprint density at radius 2 is 1.63 bits per heavy atom. The summed E-state index contributed by atoms with van der Waals surface area (Å²) in [4.78, 5) is 9.15. The molecule has 0 aliphatic rings. The van der Waals surface area contributed by atoms with Crippen LogP contribution in [0.15, 0.2) is 41.3 Å². The first-order chi connectivity index (χ1) is 13.0. The molecule has 7 heteroatoms. The van der Waals surface area contributed by atoms with Crippen molar-refractivity contribution in [3.05, 3.63) is 52.4 Å². The molecular formula is C20H19BrN4O2. The van der Waals surface area contributed by atoms with Crippen molar-refractivity contribution in [2.45, 2.75) is 13.8 Å². The minimum atomic E-state index is 0.638. The van der Waals surface area contributed by atoms with Crippen molar-refractivity contribution in [3.63, 3.8) is 0 Å². The van der Waals surface area contributed by atoms with Crippen LogP contribution in [-0.2, 0) is 0 Å². The van der Waals surface area contributed by atoms with Crippen molar-refractivity contribution in [2.75, 3.05) is 19.5 Å². The molecule has 0 unspecified atom stereocenters. The molecule has 6 nitrogen and oxygen atoms in total. The zero-order chi connectivity index (χ0) is 19.1. The molecular weight excluding hydrogens is 408 g/mol. The molecule has 0 spiro atoms. The first-order valence-electron chi connectivity index (χ1n) is 8.43. The number of methoxy groups -OCH3 is 2. The molecule has 2 aromatic carbocycles. The Hall–Kier alpha value is -2.80. The molecule has 0 aliphatic carbocycles. The summed E-state index contributed by atoms with van der Waals surface area (Å²) >= 11 is 3.54. The van der Waals surface area contributed by atoms with Crippen molar-refractivity contribution in [1.82, 2.24) is 14.4 Å². The molecule has 0 fully saturated rings. The van der Waals surface area contributed by atoms with Gasteiger partial charge in [0.1, 0.15) is 5.52 Å². The first kappa shape index (κ1) is 17.6. The lowest BCUT2D eigenvalue weighted by molar-refractivity contribution is 0.355. The molecule has 4 aromatic rings. The van der Waals surface area contributed by atoms with Crippen molar-refractivity contribution < 1.29 is 9.47 Å². The molecule has 4 rings (SSSR count). The fourth-order valence-electron chi connectivity index (χ4n) is 3.30. The van der Waals surface area contributed by atoms with E-state index in [0.29, 0.717) is 11.5 Å². The van der Waals surface area contributed by atoms with Gasteiger partial charge in [0.05, 0.1) is 37.8 Å². The van der Waals surface area contributed by atoms with Crippen molar-refractivity contribution in [2.24, 2.45) is 0 Å². The molecule has 0 saturated heterocycles. The van der Waals surface area contributed by atoms with Gasteiger partial charge in [0.2, 0.25) is 0 Å². The smallest absolute Gasteiger partial charge is 0.163 e. The second-order valence-electron chi connectivity index (χ2n) is 6.34. The Morgan fingerprint density at radius 1 is 0.963 bits per heavy atom. The molecule has 27 heavy (non-hydrogen) atoms. The van der Waals surface area contributed by atoms with Crippen LogP contribution >= 0.6 is 15.9 Å². The van der Waals surface area contributed by atoms with Crippen molar-refractivity contribution in [1.29, 1.82) is 0 Å². The van der Waals surface area contributed by atoms with Gasteiger partial charge in [-0.15, -0.1) is 0 Å². The minimum Gasteiger partial charge on any atom is -0.493 e. The van der Waals surface area contributed by atoms with Gasteiger partial charge in [-0.25, -0.2) is 9.97 Å². The molecule has 0 amide bonds. The number of anilines is 2. The molecule has 0 aliphatic heterocycles. The van der Waals surface area contributed by atoms with E-state index in [1.165, 1.54) is 0 Å². The Kier molecular flexibility index (Phi) is 4.39. The van der Waals surface area contributed by atoms with Crippen LogP contribution in [0.5, 0.6) is 11.5 Å². The maximum absolute atomic E-state index is 5.43. The predicted octanol–water partition coefficient (Wildman–Crippen LogP) is 5.02. The normalized spacial score (nSPS) is 11.1. The molecule has 0 atom stereocenters. The van der Waals surface area contributed by atoms with Gasteiger partial charge >= 0.3 is 0 Å².